The van der Waals surface area contributed by atoms with Crippen LogP contribution in [0.25, 0.3) is 11.3 Å². The molecular weight excluding hydrogens is 274 g/mol. The number of ether oxygens (including phenoxy) is 1. The van der Waals surface area contributed by atoms with Gasteiger partial charge in [0.25, 0.3) is 0 Å². The SMILES string of the molecule is COC(=O)c1sc(S(C)=O)c(-c2ccno2)c1C. The van der Waals surface area contributed by atoms with Crippen LogP contribution >= 0.6 is 11.3 Å². The number of esters is 1. The molecule has 0 spiro atoms. The zero-order valence-corrected chi connectivity index (χ0v) is 11.7. The Bertz CT molecular complexity index is 601. The highest BCUT2D eigenvalue weighted by Gasteiger charge is 2.25. The van der Waals surface area contributed by atoms with Crippen molar-refractivity contribution in [2.75, 3.05) is 13.4 Å². The van der Waals surface area contributed by atoms with Gasteiger partial charge in [-0.25, -0.2) is 4.79 Å². The molecule has 0 aliphatic heterocycles. The first-order chi connectivity index (χ1) is 8.56. The first kappa shape index (κ1) is 13.0. The summed E-state index contributed by atoms with van der Waals surface area (Å²) in [5.41, 5.74) is 1.37. The lowest BCUT2D eigenvalue weighted by atomic mass is 10.1. The number of rotatable bonds is 3. The Morgan fingerprint density at radius 1 is 1.56 bits per heavy atom. The third-order valence-electron chi connectivity index (χ3n) is 2.43. The zero-order chi connectivity index (χ0) is 13.3. The Labute approximate surface area is 110 Å². The van der Waals surface area contributed by atoms with Gasteiger partial charge in [0.1, 0.15) is 9.09 Å². The summed E-state index contributed by atoms with van der Waals surface area (Å²) in [4.78, 5) is 12.1. The van der Waals surface area contributed by atoms with Crippen LogP contribution in [0.2, 0.25) is 0 Å². The number of thiophene rings is 1. The number of hydrogen-bond acceptors (Lipinski definition) is 6. The molecule has 0 bridgehead atoms. The van der Waals surface area contributed by atoms with Crippen LogP contribution in [0.1, 0.15) is 15.2 Å². The normalized spacial score (nSPS) is 12.4. The quantitative estimate of drug-likeness (QED) is 0.809. The van der Waals surface area contributed by atoms with Crippen LogP contribution in [-0.2, 0) is 15.5 Å². The fraction of sp³-hybridized carbons (Fsp3) is 0.273. The van der Waals surface area contributed by atoms with Gasteiger partial charge in [0.2, 0.25) is 0 Å². The van der Waals surface area contributed by atoms with Crippen LogP contribution in [0.15, 0.2) is 21.0 Å². The van der Waals surface area contributed by atoms with Gasteiger partial charge in [-0.3, -0.25) is 4.21 Å². The minimum atomic E-state index is -1.21. The van der Waals surface area contributed by atoms with E-state index in [0.29, 0.717) is 26.0 Å². The smallest absolute Gasteiger partial charge is 0.348 e. The van der Waals surface area contributed by atoms with Gasteiger partial charge < -0.3 is 9.26 Å². The maximum absolute atomic E-state index is 11.7. The summed E-state index contributed by atoms with van der Waals surface area (Å²) in [6, 6.07) is 1.67. The second kappa shape index (κ2) is 5.03. The zero-order valence-electron chi connectivity index (χ0n) is 10.1. The number of hydrogen-bond donors (Lipinski definition) is 0. The van der Waals surface area contributed by atoms with Gasteiger partial charge in [-0.2, -0.15) is 0 Å². The molecule has 2 aromatic heterocycles. The second-order valence-corrected chi connectivity index (χ2v) is 6.14. The van der Waals surface area contributed by atoms with E-state index in [1.807, 2.05) is 0 Å². The van der Waals surface area contributed by atoms with E-state index in [9.17, 15) is 9.00 Å². The lowest BCUT2D eigenvalue weighted by Gasteiger charge is -1.98. The maximum atomic E-state index is 11.7. The molecule has 0 aliphatic carbocycles. The van der Waals surface area contributed by atoms with Gasteiger partial charge in [-0.05, 0) is 12.5 Å². The highest BCUT2D eigenvalue weighted by atomic mass is 32.2. The molecule has 2 heterocycles. The molecule has 2 rings (SSSR count). The van der Waals surface area contributed by atoms with Crippen molar-refractivity contribution in [2.45, 2.75) is 11.1 Å². The van der Waals surface area contributed by atoms with Crippen molar-refractivity contribution < 1.29 is 18.3 Å². The topological polar surface area (TPSA) is 69.4 Å². The van der Waals surface area contributed by atoms with Crippen LogP contribution in [0.5, 0.6) is 0 Å². The highest BCUT2D eigenvalue weighted by molar-refractivity contribution is 7.86. The summed E-state index contributed by atoms with van der Waals surface area (Å²) in [6.07, 6.45) is 3.07. The van der Waals surface area contributed by atoms with Crippen LogP contribution in [0.3, 0.4) is 0 Å². The molecule has 0 fully saturated rings. The van der Waals surface area contributed by atoms with Crippen molar-refractivity contribution in [3.05, 3.63) is 22.7 Å². The molecule has 1 unspecified atom stereocenters. The Morgan fingerprint density at radius 2 is 2.28 bits per heavy atom. The van der Waals surface area contributed by atoms with E-state index in [-0.39, 0.29) is 0 Å². The van der Waals surface area contributed by atoms with E-state index in [1.165, 1.54) is 13.3 Å². The van der Waals surface area contributed by atoms with E-state index in [4.69, 9.17) is 9.26 Å². The highest BCUT2D eigenvalue weighted by Crippen LogP contribution is 2.38. The summed E-state index contributed by atoms with van der Waals surface area (Å²) in [5.74, 6) is 0.0686. The summed E-state index contributed by atoms with van der Waals surface area (Å²) in [5, 5.41) is 3.63. The first-order valence-electron chi connectivity index (χ1n) is 5.02. The predicted molar refractivity (Wildman–Crippen MR) is 68.2 cm³/mol. The van der Waals surface area contributed by atoms with Gasteiger partial charge in [-0.15, -0.1) is 11.3 Å². The largest absolute Gasteiger partial charge is 0.465 e. The maximum Gasteiger partial charge on any atom is 0.348 e. The van der Waals surface area contributed by atoms with E-state index in [1.54, 1.807) is 19.2 Å². The number of carbonyl (C=O) groups excluding carboxylic acids is 1. The van der Waals surface area contributed by atoms with Gasteiger partial charge in [0, 0.05) is 12.3 Å². The Hall–Kier alpha value is -1.47. The minimum Gasteiger partial charge on any atom is -0.465 e. The van der Waals surface area contributed by atoms with E-state index in [2.05, 4.69) is 5.16 Å². The molecule has 96 valence electrons. The molecule has 1 atom stereocenters. The third kappa shape index (κ3) is 2.11. The van der Waals surface area contributed by atoms with Crippen molar-refractivity contribution in [3.8, 4) is 11.3 Å². The molecule has 0 saturated carbocycles. The molecule has 0 aromatic carbocycles. The molecule has 2 aromatic rings. The van der Waals surface area contributed by atoms with Crippen molar-refractivity contribution in [1.29, 1.82) is 0 Å². The second-order valence-electron chi connectivity index (χ2n) is 3.54. The number of methoxy groups -OCH3 is 1. The fourth-order valence-corrected chi connectivity index (χ4v) is 3.83. The van der Waals surface area contributed by atoms with Gasteiger partial charge in [-0.1, -0.05) is 5.16 Å². The van der Waals surface area contributed by atoms with Crippen LogP contribution < -0.4 is 0 Å². The Morgan fingerprint density at radius 3 is 2.78 bits per heavy atom. The number of nitrogens with zero attached hydrogens (tertiary/aromatic N) is 1. The van der Waals surface area contributed by atoms with Crippen LogP contribution in [0, 0.1) is 6.92 Å². The summed E-state index contributed by atoms with van der Waals surface area (Å²) in [6.45, 7) is 1.77. The van der Waals surface area contributed by atoms with Crippen LogP contribution in [0.4, 0.5) is 0 Å². The fourth-order valence-electron chi connectivity index (χ4n) is 1.61. The molecule has 0 aliphatic rings. The summed E-state index contributed by atoms with van der Waals surface area (Å²) in [7, 11) is 0.108. The van der Waals surface area contributed by atoms with Crippen molar-refractivity contribution in [1.82, 2.24) is 5.16 Å². The monoisotopic (exact) mass is 285 g/mol. The minimum absolute atomic E-state index is 0.435. The third-order valence-corrected chi connectivity index (χ3v) is 5.18. The first-order valence-corrected chi connectivity index (χ1v) is 7.40. The molecule has 0 amide bonds. The average Bonchev–Trinajstić information content (AvgIpc) is 2.94. The molecular formula is C11H11NO4S2. The van der Waals surface area contributed by atoms with Crippen LogP contribution in [-0.4, -0.2) is 28.7 Å². The Balaban J connectivity index is 2.67. The van der Waals surface area contributed by atoms with E-state index >= 15 is 0 Å². The van der Waals surface area contributed by atoms with Gasteiger partial charge in [0.05, 0.1) is 29.7 Å². The Kier molecular flexibility index (Phi) is 3.63. The lowest BCUT2D eigenvalue weighted by molar-refractivity contribution is 0.0605. The molecule has 18 heavy (non-hydrogen) atoms. The van der Waals surface area contributed by atoms with Crippen molar-refractivity contribution in [3.63, 3.8) is 0 Å². The van der Waals surface area contributed by atoms with Crippen molar-refractivity contribution in [2.24, 2.45) is 0 Å². The standard InChI is InChI=1S/C11H11NO4S2/c1-6-8(7-4-5-12-16-7)11(18(3)14)17-9(6)10(13)15-2/h4-5H,1-3H3. The molecule has 0 radical (unpaired) electrons. The summed E-state index contributed by atoms with van der Waals surface area (Å²) < 4.78 is 22.1. The van der Waals surface area contributed by atoms with Gasteiger partial charge in [0.15, 0.2) is 5.76 Å². The molecule has 0 N–H and O–H groups in total. The average molecular weight is 285 g/mol. The van der Waals surface area contributed by atoms with Gasteiger partial charge >= 0.3 is 5.97 Å². The number of carbonyl (C=O) groups is 1. The lowest BCUT2D eigenvalue weighted by Crippen LogP contribution is -1.99. The van der Waals surface area contributed by atoms with E-state index in [0.717, 1.165) is 11.3 Å². The van der Waals surface area contributed by atoms with Crippen molar-refractivity contribution >= 4 is 28.1 Å². The predicted octanol–water partition coefficient (Wildman–Crippen LogP) is 2.24. The molecule has 7 heteroatoms. The summed E-state index contributed by atoms with van der Waals surface area (Å²) >= 11 is 1.16. The molecule has 0 saturated heterocycles. The molecule has 5 nitrogen and oxygen atoms in total. The number of aromatic nitrogens is 1. The van der Waals surface area contributed by atoms with E-state index < -0.39 is 16.8 Å².